The Kier molecular flexibility index (Phi) is 5.08. The third-order valence-electron chi connectivity index (χ3n) is 3.41. The molecule has 0 saturated heterocycles. The number of nitrogens with one attached hydrogen (secondary N) is 1. The Hall–Kier alpha value is -2.44. The number of aromatic nitrogens is 1. The van der Waals surface area contributed by atoms with Gasteiger partial charge in [-0.05, 0) is 44.3 Å². The van der Waals surface area contributed by atoms with Gasteiger partial charge >= 0.3 is 0 Å². The van der Waals surface area contributed by atoms with Crippen LogP contribution in [0.15, 0.2) is 42.6 Å². The van der Waals surface area contributed by atoms with E-state index in [4.69, 9.17) is 10.5 Å². The van der Waals surface area contributed by atoms with E-state index in [0.29, 0.717) is 11.4 Å². The second-order valence-corrected chi connectivity index (χ2v) is 6.34. The number of nitrogen functional groups attached to an aromatic ring is 1. The molecule has 6 heteroatoms. The van der Waals surface area contributed by atoms with Crippen LogP contribution in [0.2, 0.25) is 0 Å². The summed E-state index contributed by atoms with van der Waals surface area (Å²) in [5.41, 5.74) is 6.77. The summed E-state index contributed by atoms with van der Waals surface area (Å²) in [6, 6.07) is 8.13. The topological polar surface area (TPSA) is 60.2 Å². The molecule has 24 heavy (non-hydrogen) atoms. The maximum atomic E-state index is 13.9. The first-order valence-corrected chi connectivity index (χ1v) is 8.41. The van der Waals surface area contributed by atoms with Crippen LogP contribution < -0.4 is 15.8 Å². The average Bonchev–Trinajstić information content (AvgIpc) is 2.98. The van der Waals surface area contributed by atoms with Crippen molar-refractivity contribution >= 4 is 33.3 Å². The van der Waals surface area contributed by atoms with Crippen LogP contribution in [0.3, 0.4) is 0 Å². The summed E-state index contributed by atoms with van der Waals surface area (Å²) in [6.07, 6.45) is 6.80. The van der Waals surface area contributed by atoms with Crippen molar-refractivity contribution in [3.8, 4) is 11.5 Å². The zero-order valence-corrected chi connectivity index (χ0v) is 14.1. The number of hydrogen-bond acceptors (Lipinski definition) is 5. The molecule has 0 aliphatic carbocycles. The summed E-state index contributed by atoms with van der Waals surface area (Å²) >= 11 is 1.57. The first-order chi connectivity index (χ1) is 11.7. The number of thiophene rings is 1. The molecular weight excluding hydrogens is 325 g/mol. The van der Waals surface area contributed by atoms with Gasteiger partial charge in [0, 0.05) is 28.9 Å². The summed E-state index contributed by atoms with van der Waals surface area (Å²) < 4.78 is 20.6. The highest BCUT2D eigenvalue weighted by molar-refractivity contribution is 7.20. The molecule has 0 radical (unpaired) electrons. The van der Waals surface area contributed by atoms with Crippen molar-refractivity contribution in [1.82, 2.24) is 10.3 Å². The van der Waals surface area contributed by atoms with Crippen LogP contribution in [0.25, 0.3) is 16.3 Å². The monoisotopic (exact) mass is 343 g/mol. The Bertz CT molecular complexity index is 876. The molecule has 4 nitrogen and oxygen atoms in total. The Morgan fingerprint density at radius 2 is 2.17 bits per heavy atom. The minimum absolute atomic E-state index is 0.149. The second-order valence-electron chi connectivity index (χ2n) is 5.26. The summed E-state index contributed by atoms with van der Waals surface area (Å²) in [5.74, 6) is 0.253. The van der Waals surface area contributed by atoms with Crippen molar-refractivity contribution in [1.29, 1.82) is 0 Å². The Morgan fingerprint density at radius 1 is 1.29 bits per heavy atom. The van der Waals surface area contributed by atoms with E-state index in [9.17, 15) is 4.39 Å². The minimum Gasteiger partial charge on any atom is -0.453 e. The molecule has 124 valence electrons. The Morgan fingerprint density at radius 3 is 2.96 bits per heavy atom. The van der Waals surface area contributed by atoms with E-state index in [1.807, 2.05) is 13.1 Å². The fourth-order valence-electron chi connectivity index (χ4n) is 2.24. The number of rotatable bonds is 6. The van der Waals surface area contributed by atoms with E-state index < -0.39 is 5.82 Å². The smallest absolute Gasteiger partial charge is 0.167 e. The number of nitrogens with two attached hydrogens (primary N) is 1. The lowest BCUT2D eigenvalue weighted by Gasteiger charge is -2.07. The zero-order valence-electron chi connectivity index (χ0n) is 13.3. The van der Waals surface area contributed by atoms with Crippen LogP contribution in [-0.2, 0) is 0 Å². The Balaban J connectivity index is 1.88. The van der Waals surface area contributed by atoms with Crippen molar-refractivity contribution in [2.45, 2.75) is 6.42 Å². The summed E-state index contributed by atoms with van der Waals surface area (Å²) in [5, 5.41) is 3.10. The van der Waals surface area contributed by atoms with E-state index in [-0.39, 0.29) is 5.75 Å². The number of anilines is 1. The molecule has 3 aromatic rings. The lowest BCUT2D eigenvalue weighted by atomic mass is 10.3. The van der Waals surface area contributed by atoms with Gasteiger partial charge in [0.15, 0.2) is 11.6 Å². The number of pyridine rings is 1. The van der Waals surface area contributed by atoms with Crippen LogP contribution in [-0.4, -0.2) is 18.6 Å². The maximum absolute atomic E-state index is 13.9. The van der Waals surface area contributed by atoms with Gasteiger partial charge in [0.05, 0.1) is 10.2 Å². The van der Waals surface area contributed by atoms with Crippen LogP contribution in [0.5, 0.6) is 11.5 Å². The lowest BCUT2D eigenvalue weighted by Crippen LogP contribution is -2.05. The van der Waals surface area contributed by atoms with Crippen molar-refractivity contribution in [3.05, 3.63) is 53.3 Å². The molecule has 0 unspecified atom stereocenters. The van der Waals surface area contributed by atoms with E-state index in [1.165, 1.54) is 12.1 Å². The van der Waals surface area contributed by atoms with Gasteiger partial charge in [-0.15, -0.1) is 11.3 Å². The van der Waals surface area contributed by atoms with Crippen molar-refractivity contribution in [3.63, 3.8) is 0 Å². The van der Waals surface area contributed by atoms with Crippen LogP contribution in [0, 0.1) is 5.82 Å². The molecule has 2 aromatic heterocycles. The second kappa shape index (κ2) is 7.42. The fraction of sp³-hybridized carbons (Fsp3) is 0.167. The summed E-state index contributed by atoms with van der Waals surface area (Å²) in [4.78, 5) is 5.44. The van der Waals surface area contributed by atoms with Gasteiger partial charge in [-0.2, -0.15) is 0 Å². The number of fused-ring (bicyclic) bond motifs is 1. The Labute approximate surface area is 143 Å². The number of hydrogen-bond donors (Lipinski definition) is 2. The highest BCUT2D eigenvalue weighted by atomic mass is 32.1. The molecule has 2 heterocycles. The first kappa shape index (κ1) is 16.4. The molecule has 0 spiro atoms. The van der Waals surface area contributed by atoms with Crippen molar-refractivity contribution in [2.75, 3.05) is 19.3 Å². The van der Waals surface area contributed by atoms with Gasteiger partial charge in [-0.1, -0.05) is 6.08 Å². The van der Waals surface area contributed by atoms with Crippen LogP contribution in [0.1, 0.15) is 11.3 Å². The average molecular weight is 343 g/mol. The van der Waals surface area contributed by atoms with Gasteiger partial charge in [0.1, 0.15) is 5.75 Å². The molecule has 0 amide bonds. The highest BCUT2D eigenvalue weighted by Crippen LogP contribution is 2.36. The van der Waals surface area contributed by atoms with Gasteiger partial charge in [-0.25, -0.2) is 4.39 Å². The third-order valence-corrected chi connectivity index (χ3v) is 4.52. The number of halogens is 1. The molecule has 0 aliphatic heterocycles. The molecule has 0 fully saturated rings. The highest BCUT2D eigenvalue weighted by Gasteiger charge is 2.11. The normalized spacial score (nSPS) is 11.4. The molecule has 0 atom stereocenters. The molecule has 3 rings (SSSR count). The minimum atomic E-state index is -0.483. The summed E-state index contributed by atoms with van der Waals surface area (Å²) in [6.45, 7) is 0.935. The van der Waals surface area contributed by atoms with E-state index in [1.54, 1.807) is 29.7 Å². The molecule has 1 aromatic carbocycles. The number of ether oxygens (including phenoxy) is 1. The van der Waals surface area contributed by atoms with Gasteiger partial charge in [0.25, 0.3) is 0 Å². The third kappa shape index (κ3) is 3.72. The molecular formula is C18H18FN3OS. The number of benzene rings is 1. The van der Waals surface area contributed by atoms with E-state index in [0.717, 1.165) is 28.1 Å². The molecule has 3 N–H and O–H groups in total. The fourth-order valence-corrected chi connectivity index (χ4v) is 3.24. The largest absolute Gasteiger partial charge is 0.453 e. The van der Waals surface area contributed by atoms with Crippen LogP contribution in [0.4, 0.5) is 10.1 Å². The van der Waals surface area contributed by atoms with Gasteiger partial charge < -0.3 is 15.8 Å². The standard InChI is InChI=1S/C18H18FN3OS/c1-21-8-3-2-4-13-11-15-18(24-13)17(7-9-22-15)23-16-6-5-12(20)10-14(16)19/h2,4-7,9-11,21H,3,8,20H2,1H3/b4-2-. The first-order valence-electron chi connectivity index (χ1n) is 7.60. The summed E-state index contributed by atoms with van der Waals surface area (Å²) in [7, 11) is 1.93. The zero-order chi connectivity index (χ0) is 16.9. The SMILES string of the molecule is CNCC/C=C\c1cc2nccc(Oc3ccc(N)cc3F)c2s1. The predicted octanol–water partition coefficient (Wildman–Crippen LogP) is 4.43. The quantitative estimate of drug-likeness (QED) is 0.513. The molecule has 0 saturated carbocycles. The van der Waals surface area contributed by atoms with Gasteiger partial charge in [-0.3, -0.25) is 4.98 Å². The molecule has 0 aliphatic rings. The molecule has 0 bridgehead atoms. The predicted molar refractivity (Wildman–Crippen MR) is 98.1 cm³/mol. The van der Waals surface area contributed by atoms with Crippen LogP contribution >= 0.6 is 11.3 Å². The van der Waals surface area contributed by atoms with Crippen molar-refractivity contribution in [2.24, 2.45) is 0 Å². The lowest BCUT2D eigenvalue weighted by molar-refractivity contribution is 0.447. The maximum Gasteiger partial charge on any atom is 0.167 e. The number of nitrogens with zero attached hydrogens (tertiary/aromatic N) is 1. The van der Waals surface area contributed by atoms with Crippen molar-refractivity contribution < 1.29 is 9.13 Å². The van der Waals surface area contributed by atoms with Gasteiger partial charge in [0.2, 0.25) is 0 Å². The van der Waals surface area contributed by atoms with E-state index in [2.05, 4.69) is 22.5 Å². The van der Waals surface area contributed by atoms with E-state index >= 15 is 0 Å².